The van der Waals surface area contributed by atoms with Crippen molar-refractivity contribution < 1.29 is 14.6 Å². The van der Waals surface area contributed by atoms with Gasteiger partial charge in [-0.25, -0.2) is 0 Å². The molecule has 0 bridgehead atoms. The van der Waals surface area contributed by atoms with E-state index in [1.807, 2.05) is 24.3 Å². The molecule has 0 aliphatic rings. The van der Waals surface area contributed by atoms with Crippen molar-refractivity contribution in [2.24, 2.45) is 0 Å². The molecule has 0 spiro atoms. The van der Waals surface area contributed by atoms with Crippen LogP contribution < -0.4 is 10.1 Å². The number of carbonyl (C=O) groups is 1. The van der Waals surface area contributed by atoms with Crippen LogP contribution in [0.5, 0.6) is 11.5 Å². The van der Waals surface area contributed by atoms with Crippen LogP contribution in [0.4, 0.5) is 0 Å². The van der Waals surface area contributed by atoms with Gasteiger partial charge in [0.05, 0.1) is 7.11 Å². The van der Waals surface area contributed by atoms with Crippen LogP contribution in [0, 0.1) is 0 Å². The van der Waals surface area contributed by atoms with Crippen molar-refractivity contribution in [1.29, 1.82) is 0 Å². The SMILES string of the molecule is COc1ccc(CCC(=O)NCc2ccc(O)cc2)cc1. The predicted octanol–water partition coefficient (Wildman–Crippen LogP) is 2.65. The molecule has 0 atom stereocenters. The molecule has 0 unspecified atom stereocenters. The van der Waals surface area contributed by atoms with E-state index in [0.717, 1.165) is 16.9 Å². The Hall–Kier alpha value is -2.49. The molecular formula is C17H19NO3. The van der Waals surface area contributed by atoms with E-state index in [1.165, 1.54) is 0 Å². The van der Waals surface area contributed by atoms with Crippen LogP contribution in [-0.2, 0) is 17.8 Å². The fourth-order valence-electron chi connectivity index (χ4n) is 1.95. The third kappa shape index (κ3) is 4.84. The number of phenolic OH excluding ortho intramolecular Hbond substituents is 1. The second-order valence-electron chi connectivity index (χ2n) is 4.79. The number of hydrogen-bond donors (Lipinski definition) is 2. The molecule has 110 valence electrons. The fraction of sp³-hybridized carbons (Fsp3) is 0.235. The first-order chi connectivity index (χ1) is 10.2. The summed E-state index contributed by atoms with van der Waals surface area (Å²) in [4.78, 5) is 11.8. The molecule has 0 heterocycles. The largest absolute Gasteiger partial charge is 0.508 e. The Labute approximate surface area is 124 Å². The third-order valence-corrected chi connectivity index (χ3v) is 3.23. The van der Waals surface area contributed by atoms with Crippen molar-refractivity contribution >= 4 is 5.91 Å². The first-order valence-electron chi connectivity index (χ1n) is 6.85. The molecule has 1 amide bonds. The summed E-state index contributed by atoms with van der Waals surface area (Å²) < 4.78 is 5.09. The Balaban J connectivity index is 1.75. The lowest BCUT2D eigenvalue weighted by Gasteiger charge is -2.06. The van der Waals surface area contributed by atoms with Gasteiger partial charge in [-0.15, -0.1) is 0 Å². The number of nitrogens with one attached hydrogen (secondary N) is 1. The number of ether oxygens (including phenoxy) is 1. The lowest BCUT2D eigenvalue weighted by atomic mass is 10.1. The third-order valence-electron chi connectivity index (χ3n) is 3.23. The molecule has 2 N–H and O–H groups in total. The van der Waals surface area contributed by atoms with Crippen LogP contribution >= 0.6 is 0 Å². The number of aromatic hydroxyl groups is 1. The number of amides is 1. The van der Waals surface area contributed by atoms with Crippen molar-refractivity contribution in [2.75, 3.05) is 7.11 Å². The predicted molar refractivity (Wildman–Crippen MR) is 81.3 cm³/mol. The van der Waals surface area contributed by atoms with Gasteiger partial charge in [0.15, 0.2) is 0 Å². The summed E-state index contributed by atoms with van der Waals surface area (Å²) in [7, 11) is 1.63. The topological polar surface area (TPSA) is 58.6 Å². The molecule has 4 heteroatoms. The zero-order chi connectivity index (χ0) is 15.1. The molecule has 0 saturated heterocycles. The van der Waals surface area contributed by atoms with Gasteiger partial charge in [0.2, 0.25) is 5.91 Å². The average molecular weight is 285 g/mol. The number of phenols is 1. The molecule has 2 rings (SSSR count). The molecule has 0 aliphatic heterocycles. The molecule has 0 saturated carbocycles. The molecule has 0 fully saturated rings. The van der Waals surface area contributed by atoms with Crippen molar-refractivity contribution in [2.45, 2.75) is 19.4 Å². The summed E-state index contributed by atoms with van der Waals surface area (Å²) >= 11 is 0. The van der Waals surface area contributed by atoms with E-state index in [2.05, 4.69) is 5.32 Å². The van der Waals surface area contributed by atoms with E-state index >= 15 is 0 Å². The van der Waals surface area contributed by atoms with Crippen LogP contribution in [0.2, 0.25) is 0 Å². The van der Waals surface area contributed by atoms with Gasteiger partial charge in [-0.2, -0.15) is 0 Å². The smallest absolute Gasteiger partial charge is 0.220 e. The lowest BCUT2D eigenvalue weighted by Crippen LogP contribution is -2.22. The molecule has 0 aromatic heterocycles. The first-order valence-corrected chi connectivity index (χ1v) is 6.85. The van der Waals surface area contributed by atoms with Crippen LogP contribution in [0.3, 0.4) is 0 Å². The summed E-state index contributed by atoms with van der Waals surface area (Å²) in [5, 5.41) is 12.1. The van der Waals surface area contributed by atoms with Crippen molar-refractivity contribution in [3.8, 4) is 11.5 Å². The second kappa shape index (κ2) is 7.33. The van der Waals surface area contributed by atoms with Crippen molar-refractivity contribution in [1.82, 2.24) is 5.32 Å². The van der Waals surface area contributed by atoms with Gasteiger partial charge in [0, 0.05) is 13.0 Å². The molecule has 21 heavy (non-hydrogen) atoms. The molecule has 2 aromatic carbocycles. The van der Waals surface area contributed by atoms with Crippen LogP contribution in [-0.4, -0.2) is 18.1 Å². The highest BCUT2D eigenvalue weighted by molar-refractivity contribution is 5.76. The molecular weight excluding hydrogens is 266 g/mol. The quantitative estimate of drug-likeness (QED) is 0.858. The van der Waals surface area contributed by atoms with Gasteiger partial charge >= 0.3 is 0 Å². The first kappa shape index (κ1) is 14.9. The zero-order valence-corrected chi connectivity index (χ0v) is 12.0. The van der Waals surface area contributed by atoms with Gasteiger partial charge in [-0.05, 0) is 41.8 Å². The Morgan fingerprint density at radius 1 is 1.05 bits per heavy atom. The number of methoxy groups -OCH3 is 1. The minimum absolute atomic E-state index is 0.0129. The van der Waals surface area contributed by atoms with Gasteiger partial charge < -0.3 is 15.2 Å². The highest BCUT2D eigenvalue weighted by Crippen LogP contribution is 2.13. The Bertz CT molecular complexity index is 576. The van der Waals surface area contributed by atoms with E-state index in [1.54, 1.807) is 31.4 Å². The maximum Gasteiger partial charge on any atom is 0.220 e. The van der Waals surface area contributed by atoms with E-state index in [0.29, 0.717) is 19.4 Å². The fourth-order valence-corrected chi connectivity index (χ4v) is 1.95. The van der Waals surface area contributed by atoms with Crippen molar-refractivity contribution in [3.63, 3.8) is 0 Å². The Morgan fingerprint density at radius 2 is 1.67 bits per heavy atom. The minimum atomic E-state index is 0.0129. The number of rotatable bonds is 6. The van der Waals surface area contributed by atoms with E-state index in [9.17, 15) is 9.90 Å². The number of carbonyl (C=O) groups excluding carboxylic acids is 1. The summed E-state index contributed by atoms with van der Waals surface area (Å²) in [6, 6.07) is 14.5. The maximum atomic E-state index is 11.8. The molecule has 0 aliphatic carbocycles. The van der Waals surface area contributed by atoms with Gasteiger partial charge in [0.25, 0.3) is 0 Å². The lowest BCUT2D eigenvalue weighted by molar-refractivity contribution is -0.121. The van der Waals surface area contributed by atoms with Crippen molar-refractivity contribution in [3.05, 3.63) is 59.7 Å². The molecule has 2 aromatic rings. The van der Waals surface area contributed by atoms with Gasteiger partial charge in [-0.3, -0.25) is 4.79 Å². The number of hydrogen-bond acceptors (Lipinski definition) is 3. The molecule has 0 radical (unpaired) electrons. The standard InChI is InChI=1S/C17H19NO3/c1-21-16-9-4-13(5-10-16)6-11-17(20)18-12-14-2-7-15(19)8-3-14/h2-5,7-10,19H,6,11-12H2,1H3,(H,18,20). The van der Waals surface area contributed by atoms with Gasteiger partial charge in [-0.1, -0.05) is 24.3 Å². The highest BCUT2D eigenvalue weighted by Gasteiger charge is 2.03. The van der Waals surface area contributed by atoms with E-state index in [-0.39, 0.29) is 11.7 Å². The zero-order valence-electron chi connectivity index (χ0n) is 12.0. The summed E-state index contributed by atoms with van der Waals surface area (Å²) in [5.74, 6) is 1.05. The summed E-state index contributed by atoms with van der Waals surface area (Å²) in [6.45, 7) is 0.474. The maximum absolute atomic E-state index is 11.8. The monoisotopic (exact) mass is 285 g/mol. The Kier molecular flexibility index (Phi) is 5.21. The van der Waals surface area contributed by atoms with Crippen LogP contribution in [0.15, 0.2) is 48.5 Å². The normalized spacial score (nSPS) is 10.1. The van der Waals surface area contributed by atoms with E-state index in [4.69, 9.17) is 4.74 Å². The summed E-state index contributed by atoms with van der Waals surface area (Å²) in [6.07, 6.45) is 1.15. The van der Waals surface area contributed by atoms with E-state index < -0.39 is 0 Å². The number of aryl methyl sites for hydroxylation is 1. The second-order valence-corrected chi connectivity index (χ2v) is 4.79. The Morgan fingerprint density at radius 3 is 2.29 bits per heavy atom. The number of benzene rings is 2. The highest BCUT2D eigenvalue weighted by atomic mass is 16.5. The van der Waals surface area contributed by atoms with Gasteiger partial charge in [0.1, 0.15) is 11.5 Å². The average Bonchev–Trinajstić information content (AvgIpc) is 2.53. The molecule has 4 nitrogen and oxygen atoms in total. The van der Waals surface area contributed by atoms with Crippen LogP contribution in [0.25, 0.3) is 0 Å². The summed E-state index contributed by atoms with van der Waals surface area (Å²) in [5.41, 5.74) is 2.07. The van der Waals surface area contributed by atoms with Crippen LogP contribution in [0.1, 0.15) is 17.5 Å². The minimum Gasteiger partial charge on any atom is -0.508 e.